The lowest BCUT2D eigenvalue weighted by molar-refractivity contribution is -0.426. The summed E-state index contributed by atoms with van der Waals surface area (Å²) in [4.78, 5) is 13.2. The summed E-state index contributed by atoms with van der Waals surface area (Å²) in [6.07, 6.45) is 7.41. The van der Waals surface area contributed by atoms with E-state index in [1.54, 1.807) is 6.08 Å². The predicted molar refractivity (Wildman–Crippen MR) is 73.0 cm³/mol. The molecule has 0 unspecified atom stereocenters. The molecule has 1 fully saturated rings. The highest BCUT2D eigenvalue weighted by Crippen LogP contribution is 2.27. The molecule has 3 heterocycles. The summed E-state index contributed by atoms with van der Waals surface area (Å²) in [5.74, 6) is 0. The number of hydrogen-bond donors (Lipinski definition) is 0. The molecule has 3 aliphatic rings. The monoisotopic (exact) mass is 278 g/mol. The van der Waals surface area contributed by atoms with Gasteiger partial charge in [-0.1, -0.05) is 6.08 Å². The van der Waals surface area contributed by atoms with E-state index in [0.29, 0.717) is 12.2 Å². The Balaban J connectivity index is 1.63. The number of ether oxygens (including phenoxy) is 1. The SMILES string of the molecule is O=[N+]([O-])C1=C2C=CC=CN2N(CCN2CCOCC2)C1. The van der Waals surface area contributed by atoms with Crippen molar-refractivity contribution in [1.29, 1.82) is 0 Å². The van der Waals surface area contributed by atoms with Crippen molar-refractivity contribution >= 4 is 0 Å². The van der Waals surface area contributed by atoms with Gasteiger partial charge in [-0.05, 0) is 12.2 Å². The molecule has 0 aromatic heterocycles. The highest BCUT2D eigenvalue weighted by molar-refractivity contribution is 5.32. The summed E-state index contributed by atoms with van der Waals surface area (Å²) in [6, 6.07) is 0. The molecular weight excluding hydrogens is 260 g/mol. The van der Waals surface area contributed by atoms with Crippen molar-refractivity contribution in [2.45, 2.75) is 0 Å². The number of hydrazine groups is 1. The Labute approximate surface area is 117 Å². The standard InChI is InChI=1S/C13H18N4O3/c18-17(19)13-11-15(16-4-2-1-3-12(13)16)6-5-14-7-9-20-10-8-14/h1-4H,5-11H2. The van der Waals surface area contributed by atoms with Gasteiger partial charge in [0.05, 0.1) is 18.1 Å². The maximum atomic E-state index is 11.1. The molecule has 0 N–H and O–H groups in total. The van der Waals surface area contributed by atoms with Gasteiger partial charge in [0.2, 0.25) is 0 Å². The third-order valence-corrected chi connectivity index (χ3v) is 3.77. The summed E-state index contributed by atoms with van der Waals surface area (Å²) in [6.45, 7) is 5.46. The average molecular weight is 278 g/mol. The third kappa shape index (κ3) is 2.60. The van der Waals surface area contributed by atoms with Crippen molar-refractivity contribution in [3.63, 3.8) is 0 Å². The van der Waals surface area contributed by atoms with Crippen molar-refractivity contribution in [3.05, 3.63) is 45.9 Å². The van der Waals surface area contributed by atoms with Crippen molar-refractivity contribution in [2.24, 2.45) is 0 Å². The van der Waals surface area contributed by atoms with E-state index < -0.39 is 0 Å². The number of rotatable bonds is 4. The van der Waals surface area contributed by atoms with Crippen LogP contribution in [-0.2, 0) is 4.74 Å². The number of hydrogen-bond acceptors (Lipinski definition) is 6. The third-order valence-electron chi connectivity index (χ3n) is 3.77. The van der Waals surface area contributed by atoms with E-state index in [9.17, 15) is 10.1 Å². The molecule has 7 nitrogen and oxygen atoms in total. The van der Waals surface area contributed by atoms with E-state index in [4.69, 9.17) is 4.74 Å². The molecule has 1 saturated heterocycles. The molecular formula is C13H18N4O3. The van der Waals surface area contributed by atoms with Crippen LogP contribution in [0.15, 0.2) is 35.8 Å². The molecule has 3 rings (SSSR count). The zero-order chi connectivity index (χ0) is 13.9. The second-order valence-electron chi connectivity index (χ2n) is 4.98. The van der Waals surface area contributed by atoms with Gasteiger partial charge in [-0.2, -0.15) is 0 Å². The lowest BCUT2D eigenvalue weighted by Gasteiger charge is -2.32. The summed E-state index contributed by atoms with van der Waals surface area (Å²) in [7, 11) is 0. The fourth-order valence-electron chi connectivity index (χ4n) is 2.66. The topological polar surface area (TPSA) is 62.1 Å². The first-order chi connectivity index (χ1) is 9.75. The Kier molecular flexibility index (Phi) is 3.81. The van der Waals surface area contributed by atoms with Gasteiger partial charge in [-0.25, -0.2) is 5.01 Å². The van der Waals surface area contributed by atoms with Gasteiger partial charge in [0, 0.05) is 32.4 Å². The number of nitro groups is 1. The molecule has 0 amide bonds. The Morgan fingerprint density at radius 3 is 2.80 bits per heavy atom. The van der Waals surface area contributed by atoms with E-state index in [-0.39, 0.29) is 10.6 Å². The first-order valence-corrected chi connectivity index (χ1v) is 6.82. The van der Waals surface area contributed by atoms with Crippen molar-refractivity contribution in [2.75, 3.05) is 45.9 Å². The molecule has 0 saturated carbocycles. The zero-order valence-corrected chi connectivity index (χ0v) is 11.3. The molecule has 0 bridgehead atoms. The minimum atomic E-state index is -0.277. The molecule has 20 heavy (non-hydrogen) atoms. The van der Waals surface area contributed by atoms with Gasteiger partial charge in [-0.3, -0.25) is 20.0 Å². The van der Waals surface area contributed by atoms with E-state index in [0.717, 1.165) is 39.4 Å². The van der Waals surface area contributed by atoms with Crippen LogP contribution in [0, 0.1) is 10.1 Å². The van der Waals surface area contributed by atoms with Crippen molar-refractivity contribution in [1.82, 2.24) is 14.9 Å². The summed E-state index contributed by atoms with van der Waals surface area (Å²) >= 11 is 0. The van der Waals surface area contributed by atoms with Gasteiger partial charge < -0.3 is 4.74 Å². The molecule has 7 heteroatoms. The highest BCUT2D eigenvalue weighted by atomic mass is 16.6. The fraction of sp³-hybridized carbons (Fsp3) is 0.538. The van der Waals surface area contributed by atoms with Gasteiger partial charge in [0.15, 0.2) is 0 Å². The number of fused-ring (bicyclic) bond motifs is 1. The van der Waals surface area contributed by atoms with Gasteiger partial charge >= 0.3 is 0 Å². The van der Waals surface area contributed by atoms with E-state index in [1.165, 1.54) is 0 Å². The van der Waals surface area contributed by atoms with Crippen molar-refractivity contribution in [3.8, 4) is 0 Å². The molecule has 0 radical (unpaired) electrons. The second-order valence-corrected chi connectivity index (χ2v) is 4.98. The van der Waals surface area contributed by atoms with Crippen LogP contribution in [0.2, 0.25) is 0 Å². The second kappa shape index (κ2) is 5.74. The number of morpholine rings is 1. The molecule has 108 valence electrons. The van der Waals surface area contributed by atoms with Crippen LogP contribution in [0.25, 0.3) is 0 Å². The van der Waals surface area contributed by atoms with Gasteiger partial charge in [0.25, 0.3) is 5.70 Å². The smallest absolute Gasteiger partial charge is 0.286 e. The van der Waals surface area contributed by atoms with Gasteiger partial charge in [0.1, 0.15) is 12.2 Å². The van der Waals surface area contributed by atoms with Crippen LogP contribution in [0.5, 0.6) is 0 Å². The predicted octanol–water partition coefficient (Wildman–Crippen LogP) is 0.423. The molecule has 0 aromatic rings. The lowest BCUT2D eigenvalue weighted by atomic mass is 10.3. The minimum Gasteiger partial charge on any atom is -0.379 e. The highest BCUT2D eigenvalue weighted by Gasteiger charge is 2.35. The molecule has 0 atom stereocenters. The Morgan fingerprint density at radius 2 is 2.05 bits per heavy atom. The zero-order valence-electron chi connectivity index (χ0n) is 11.3. The quantitative estimate of drug-likeness (QED) is 0.549. The largest absolute Gasteiger partial charge is 0.379 e. The van der Waals surface area contributed by atoms with Crippen LogP contribution in [0.1, 0.15) is 0 Å². The van der Waals surface area contributed by atoms with Crippen LogP contribution in [0.3, 0.4) is 0 Å². The van der Waals surface area contributed by atoms with E-state index >= 15 is 0 Å². The molecule has 0 spiro atoms. The normalized spacial score (nSPS) is 23.5. The molecule has 0 aliphatic carbocycles. The summed E-state index contributed by atoms with van der Waals surface area (Å²) in [5, 5.41) is 15.0. The Hall–Kier alpha value is -1.70. The minimum absolute atomic E-state index is 0.271. The lowest BCUT2D eigenvalue weighted by Crippen LogP contribution is -2.44. The van der Waals surface area contributed by atoms with Gasteiger partial charge in [-0.15, -0.1) is 0 Å². The fourth-order valence-corrected chi connectivity index (χ4v) is 2.66. The number of nitrogens with zero attached hydrogens (tertiary/aromatic N) is 4. The first kappa shape index (κ1) is 13.3. The van der Waals surface area contributed by atoms with E-state index in [2.05, 4.69) is 4.90 Å². The summed E-state index contributed by atoms with van der Waals surface area (Å²) < 4.78 is 5.32. The Morgan fingerprint density at radius 1 is 1.25 bits per heavy atom. The van der Waals surface area contributed by atoms with E-state index in [1.807, 2.05) is 28.4 Å². The maximum Gasteiger partial charge on any atom is 0.286 e. The van der Waals surface area contributed by atoms with Crippen LogP contribution in [-0.4, -0.2) is 65.8 Å². The number of allylic oxidation sites excluding steroid dienone is 3. The molecule has 3 aliphatic heterocycles. The maximum absolute atomic E-state index is 11.1. The average Bonchev–Trinajstić information content (AvgIpc) is 2.85. The van der Waals surface area contributed by atoms with Crippen LogP contribution < -0.4 is 0 Å². The van der Waals surface area contributed by atoms with Crippen LogP contribution in [0.4, 0.5) is 0 Å². The summed E-state index contributed by atoms with van der Waals surface area (Å²) in [5.41, 5.74) is 0.951. The van der Waals surface area contributed by atoms with Crippen molar-refractivity contribution < 1.29 is 9.66 Å². The molecule has 0 aromatic carbocycles. The van der Waals surface area contributed by atoms with Crippen LogP contribution >= 0.6 is 0 Å². The first-order valence-electron chi connectivity index (χ1n) is 6.82. The Bertz CT molecular complexity index is 480.